The largest absolute Gasteiger partial charge is 0.469 e. The van der Waals surface area contributed by atoms with Crippen LogP contribution in [-0.2, 0) is 19.1 Å². The highest BCUT2D eigenvalue weighted by molar-refractivity contribution is 5.89. The molecule has 0 radical (unpaired) electrons. The van der Waals surface area contributed by atoms with E-state index in [2.05, 4.69) is 4.74 Å². The molecule has 0 heterocycles. The minimum absolute atomic E-state index is 0.0787. The van der Waals surface area contributed by atoms with Crippen molar-refractivity contribution in [2.24, 2.45) is 11.3 Å². The first-order valence-electron chi connectivity index (χ1n) is 5.43. The van der Waals surface area contributed by atoms with Crippen molar-refractivity contribution in [1.82, 2.24) is 0 Å². The van der Waals surface area contributed by atoms with Crippen molar-refractivity contribution >= 4 is 11.8 Å². The molecule has 0 rings (SSSR count). The third-order valence-corrected chi connectivity index (χ3v) is 2.42. The molecule has 0 bridgehead atoms. The molecular weight excluding hydrogens is 208 g/mol. The highest BCUT2D eigenvalue weighted by Gasteiger charge is 2.31. The zero-order valence-corrected chi connectivity index (χ0v) is 10.8. The Morgan fingerprint density at radius 3 is 2.12 bits per heavy atom. The fourth-order valence-electron chi connectivity index (χ4n) is 1.48. The zero-order chi connectivity index (χ0) is 12.8. The normalized spacial score (nSPS) is 13.3. The molecular formula is C12H22O4. The van der Waals surface area contributed by atoms with Crippen LogP contribution in [0.5, 0.6) is 0 Å². The van der Waals surface area contributed by atoms with Crippen LogP contribution < -0.4 is 0 Å². The number of hydrogen-bond donors (Lipinski definition) is 0. The van der Waals surface area contributed by atoms with E-state index < -0.39 is 5.41 Å². The van der Waals surface area contributed by atoms with Gasteiger partial charge in [-0.2, -0.15) is 0 Å². The molecule has 4 nitrogen and oxygen atoms in total. The van der Waals surface area contributed by atoms with E-state index in [0.29, 0.717) is 13.0 Å². The first-order chi connectivity index (χ1) is 7.32. The van der Waals surface area contributed by atoms with Crippen molar-refractivity contribution in [2.75, 3.05) is 20.8 Å². The van der Waals surface area contributed by atoms with Gasteiger partial charge < -0.3 is 9.47 Å². The van der Waals surface area contributed by atoms with Gasteiger partial charge in [0.05, 0.1) is 13.5 Å². The van der Waals surface area contributed by atoms with Crippen LogP contribution in [0.3, 0.4) is 0 Å². The van der Waals surface area contributed by atoms with Crippen LogP contribution in [0, 0.1) is 11.3 Å². The molecule has 0 aliphatic carbocycles. The molecule has 0 unspecified atom stereocenters. The van der Waals surface area contributed by atoms with E-state index in [-0.39, 0.29) is 24.1 Å². The molecule has 0 aromatic heterocycles. The Kier molecular flexibility index (Phi) is 6.26. The summed E-state index contributed by atoms with van der Waals surface area (Å²) in [5, 5.41) is 0. The Morgan fingerprint density at radius 1 is 1.19 bits per heavy atom. The fourth-order valence-corrected chi connectivity index (χ4v) is 1.48. The summed E-state index contributed by atoms with van der Waals surface area (Å²) >= 11 is 0. The lowest BCUT2D eigenvalue weighted by atomic mass is 9.80. The third-order valence-electron chi connectivity index (χ3n) is 2.42. The molecule has 1 atom stereocenters. The number of carbonyl (C=O) groups is 2. The average Bonchev–Trinajstić information content (AvgIpc) is 2.21. The number of ketones is 1. The second-order valence-corrected chi connectivity index (χ2v) is 4.87. The Morgan fingerprint density at radius 2 is 1.75 bits per heavy atom. The van der Waals surface area contributed by atoms with Crippen molar-refractivity contribution < 1.29 is 19.1 Å². The van der Waals surface area contributed by atoms with Crippen molar-refractivity contribution in [3.8, 4) is 0 Å². The van der Waals surface area contributed by atoms with Gasteiger partial charge in [-0.05, 0) is 6.42 Å². The summed E-state index contributed by atoms with van der Waals surface area (Å²) in [5.41, 5.74) is -0.438. The Labute approximate surface area is 97.3 Å². The van der Waals surface area contributed by atoms with Crippen LogP contribution in [-0.4, -0.2) is 32.6 Å². The summed E-state index contributed by atoms with van der Waals surface area (Å²) in [6.07, 6.45) is 0.692. The van der Waals surface area contributed by atoms with Crippen LogP contribution in [0.1, 0.15) is 33.6 Å². The average molecular weight is 230 g/mol. The van der Waals surface area contributed by atoms with Crippen LogP contribution in [0.2, 0.25) is 0 Å². The van der Waals surface area contributed by atoms with Gasteiger partial charge in [0.15, 0.2) is 0 Å². The molecule has 0 aliphatic rings. The van der Waals surface area contributed by atoms with Crippen molar-refractivity contribution in [3.05, 3.63) is 0 Å². The fraction of sp³-hybridized carbons (Fsp3) is 0.833. The maximum atomic E-state index is 12.1. The second kappa shape index (κ2) is 6.63. The van der Waals surface area contributed by atoms with Gasteiger partial charge in [-0.15, -0.1) is 0 Å². The van der Waals surface area contributed by atoms with Crippen LogP contribution >= 0.6 is 0 Å². The summed E-state index contributed by atoms with van der Waals surface area (Å²) < 4.78 is 9.54. The predicted octanol–water partition coefficient (Wildman–Crippen LogP) is 1.82. The van der Waals surface area contributed by atoms with E-state index in [1.807, 2.05) is 20.8 Å². The summed E-state index contributed by atoms with van der Waals surface area (Å²) in [6, 6.07) is 0. The predicted molar refractivity (Wildman–Crippen MR) is 61.1 cm³/mol. The van der Waals surface area contributed by atoms with Crippen LogP contribution in [0.25, 0.3) is 0 Å². The monoisotopic (exact) mass is 230 g/mol. The van der Waals surface area contributed by atoms with E-state index >= 15 is 0 Å². The van der Waals surface area contributed by atoms with Crippen LogP contribution in [0.4, 0.5) is 0 Å². The Hall–Kier alpha value is -0.900. The number of ether oxygens (including phenoxy) is 2. The number of Topliss-reactive ketones (excluding diaryl/α,β-unsaturated/α-hetero) is 1. The van der Waals surface area contributed by atoms with Crippen molar-refractivity contribution in [3.63, 3.8) is 0 Å². The maximum absolute atomic E-state index is 12.1. The smallest absolute Gasteiger partial charge is 0.306 e. The van der Waals surface area contributed by atoms with Crippen LogP contribution in [0.15, 0.2) is 0 Å². The van der Waals surface area contributed by atoms with Crippen molar-refractivity contribution in [2.45, 2.75) is 33.6 Å². The molecule has 4 heteroatoms. The van der Waals surface area contributed by atoms with Gasteiger partial charge in [-0.1, -0.05) is 20.8 Å². The summed E-state index contributed by atoms with van der Waals surface area (Å²) in [5.74, 6) is -0.582. The van der Waals surface area contributed by atoms with Gasteiger partial charge in [0.25, 0.3) is 0 Å². The van der Waals surface area contributed by atoms with Crippen molar-refractivity contribution in [1.29, 1.82) is 0 Å². The lowest BCUT2D eigenvalue weighted by Crippen LogP contribution is -2.31. The molecule has 0 spiro atoms. The Balaban J connectivity index is 4.53. The van der Waals surface area contributed by atoms with E-state index in [4.69, 9.17) is 4.74 Å². The molecule has 0 saturated carbocycles. The Bertz CT molecular complexity index is 240. The molecule has 0 saturated heterocycles. The summed E-state index contributed by atoms with van der Waals surface area (Å²) in [7, 11) is 2.91. The lowest BCUT2D eigenvalue weighted by molar-refractivity contribution is -0.145. The summed E-state index contributed by atoms with van der Waals surface area (Å²) in [4.78, 5) is 23.3. The number of rotatable bonds is 6. The minimum Gasteiger partial charge on any atom is -0.469 e. The van der Waals surface area contributed by atoms with Gasteiger partial charge in [-0.3, -0.25) is 9.59 Å². The quantitative estimate of drug-likeness (QED) is 0.653. The third kappa shape index (κ3) is 5.26. The standard InChI is InChI=1S/C12H22O4/c1-12(2,3)11(14)9(6-7-15-4)8-10(13)16-5/h9H,6-8H2,1-5H3/t9-/m0/s1. The number of hydrogen-bond acceptors (Lipinski definition) is 4. The second-order valence-electron chi connectivity index (χ2n) is 4.87. The topological polar surface area (TPSA) is 52.6 Å². The van der Waals surface area contributed by atoms with Gasteiger partial charge in [0.2, 0.25) is 0 Å². The highest BCUT2D eigenvalue weighted by atomic mass is 16.5. The first-order valence-corrected chi connectivity index (χ1v) is 5.43. The first kappa shape index (κ1) is 15.1. The number of esters is 1. The molecule has 0 aliphatic heterocycles. The number of methoxy groups -OCH3 is 2. The van der Waals surface area contributed by atoms with E-state index in [0.717, 1.165) is 0 Å². The molecule has 94 valence electrons. The highest BCUT2D eigenvalue weighted by Crippen LogP contribution is 2.24. The molecule has 0 fully saturated rings. The summed E-state index contributed by atoms with van der Waals surface area (Å²) in [6.45, 7) is 6.04. The molecule has 16 heavy (non-hydrogen) atoms. The van der Waals surface area contributed by atoms with Gasteiger partial charge in [-0.25, -0.2) is 0 Å². The zero-order valence-electron chi connectivity index (χ0n) is 10.8. The van der Waals surface area contributed by atoms with E-state index in [9.17, 15) is 9.59 Å². The maximum Gasteiger partial charge on any atom is 0.306 e. The molecule has 0 aromatic carbocycles. The van der Waals surface area contributed by atoms with Gasteiger partial charge in [0, 0.05) is 25.0 Å². The SMILES string of the molecule is COCC[C@@H](CC(=O)OC)C(=O)C(C)(C)C. The molecule has 0 N–H and O–H groups in total. The minimum atomic E-state index is -0.438. The number of carbonyl (C=O) groups excluding carboxylic acids is 2. The lowest BCUT2D eigenvalue weighted by Gasteiger charge is -2.23. The van der Waals surface area contributed by atoms with E-state index in [1.54, 1.807) is 7.11 Å². The van der Waals surface area contributed by atoms with Gasteiger partial charge >= 0.3 is 5.97 Å². The van der Waals surface area contributed by atoms with Gasteiger partial charge in [0.1, 0.15) is 5.78 Å². The molecule has 0 aromatic rings. The van der Waals surface area contributed by atoms with E-state index in [1.165, 1.54) is 7.11 Å². The molecule has 0 amide bonds.